The molecule has 0 aliphatic rings. The standard InChI is InChI=1S/2CHS2.Pd/c2*2-1-3;/h2*(H,2,3);/q2*-1;+2. The fourth-order valence-electron chi connectivity index (χ4n) is 0. The van der Waals surface area contributed by atoms with E-state index in [0.29, 0.717) is 0 Å². The second kappa shape index (κ2) is 25.7. The van der Waals surface area contributed by atoms with Crippen molar-refractivity contribution in [2.75, 3.05) is 0 Å². The maximum Gasteiger partial charge on any atom is 2.00 e. The smallest absolute Gasteiger partial charge is 0.364 e. The predicted octanol–water partition coefficient (Wildman–Crippen LogP) is 1.50. The molecule has 0 saturated heterocycles. The third kappa shape index (κ3) is 97.4. The third-order valence-corrected chi connectivity index (χ3v) is 0. The van der Waals surface area contributed by atoms with E-state index >= 15 is 0 Å². The van der Waals surface area contributed by atoms with Gasteiger partial charge in [-0.05, 0) is 0 Å². The Labute approximate surface area is 78.9 Å². The average Bonchev–Trinajstić information content (AvgIpc) is 1.39. The van der Waals surface area contributed by atoms with Gasteiger partial charge >= 0.3 is 20.4 Å². The van der Waals surface area contributed by atoms with Crippen molar-refractivity contribution in [3.63, 3.8) is 0 Å². The fraction of sp³-hybridized carbons (Fsp3) is 0. The minimum atomic E-state index is 0. The molecule has 0 atom stereocenters. The molecule has 0 heterocycles. The Bertz CT molecular complexity index is 30.7. The van der Waals surface area contributed by atoms with Gasteiger partial charge in [-0.25, -0.2) is 0 Å². The molecule has 0 saturated carbocycles. The Kier molecular flexibility index (Phi) is 58.1. The van der Waals surface area contributed by atoms with E-state index in [9.17, 15) is 0 Å². The Hall–Kier alpha value is 1.54. The van der Waals surface area contributed by atoms with Gasteiger partial charge in [-0.3, -0.25) is 0 Å². The van der Waals surface area contributed by atoms with Gasteiger partial charge in [-0.15, -0.1) is 0 Å². The molecule has 0 radical (unpaired) electrons. The van der Waals surface area contributed by atoms with Crippen molar-refractivity contribution in [2.24, 2.45) is 0 Å². The Morgan fingerprint density at radius 2 is 1.00 bits per heavy atom. The average molecular weight is 261 g/mol. The van der Waals surface area contributed by atoms with Crippen molar-refractivity contribution in [1.82, 2.24) is 0 Å². The molecule has 0 fully saturated rings. The minimum absolute atomic E-state index is 0. The van der Waals surface area contributed by atoms with Crippen LogP contribution in [0, 0.1) is 0 Å². The molecular formula is C2H2PdS4. The number of rotatable bonds is 0. The zero-order valence-corrected chi connectivity index (χ0v) is 8.00. The van der Waals surface area contributed by atoms with E-state index in [2.05, 4.69) is 49.7 Å². The van der Waals surface area contributed by atoms with Crippen LogP contribution in [0.1, 0.15) is 0 Å². The number of hydrogen-bond acceptors (Lipinski definition) is 2. The first-order chi connectivity index (χ1) is 2.83. The molecule has 0 unspecified atom stereocenters. The van der Waals surface area contributed by atoms with Gasteiger partial charge in [0.2, 0.25) is 0 Å². The molecule has 0 aliphatic carbocycles. The number of thiocarbonyl (C=S) groups is 2. The van der Waals surface area contributed by atoms with Crippen molar-refractivity contribution in [2.45, 2.75) is 0 Å². The molecule has 0 aliphatic heterocycles. The summed E-state index contributed by atoms with van der Waals surface area (Å²) in [5.74, 6) is 0. The van der Waals surface area contributed by atoms with Crippen LogP contribution in [-0.2, 0) is 20.4 Å². The van der Waals surface area contributed by atoms with Crippen molar-refractivity contribution < 1.29 is 20.4 Å². The van der Waals surface area contributed by atoms with Crippen molar-refractivity contribution in [3.8, 4) is 0 Å². The molecule has 0 aromatic rings. The van der Waals surface area contributed by atoms with Gasteiger partial charge in [0.1, 0.15) is 0 Å². The maximum absolute atomic E-state index is 4.01. The molecule has 0 bridgehead atoms. The van der Waals surface area contributed by atoms with E-state index in [1.807, 2.05) is 9.40 Å². The van der Waals surface area contributed by atoms with E-state index in [0.717, 1.165) is 0 Å². The zero-order valence-electron chi connectivity index (χ0n) is 3.03. The van der Waals surface area contributed by atoms with Crippen LogP contribution in [0.4, 0.5) is 0 Å². The second-order valence-corrected chi connectivity index (χ2v) is 1.64. The van der Waals surface area contributed by atoms with Crippen molar-refractivity contribution in [3.05, 3.63) is 0 Å². The van der Waals surface area contributed by atoms with Crippen LogP contribution in [0.25, 0.3) is 0 Å². The van der Waals surface area contributed by atoms with Gasteiger partial charge in [0, 0.05) is 0 Å². The minimum Gasteiger partial charge on any atom is -0.364 e. The van der Waals surface area contributed by atoms with Crippen molar-refractivity contribution >= 4 is 59.1 Å². The largest absolute Gasteiger partial charge is 2.00 e. The third-order valence-electron chi connectivity index (χ3n) is 0. The molecule has 0 aromatic heterocycles. The van der Waals surface area contributed by atoms with Gasteiger partial charge in [-0.1, -0.05) is 0 Å². The quantitative estimate of drug-likeness (QED) is 0.293. The van der Waals surface area contributed by atoms with Crippen LogP contribution in [0.3, 0.4) is 0 Å². The molecule has 0 N–H and O–H groups in total. The van der Waals surface area contributed by atoms with E-state index in [1.54, 1.807) is 0 Å². The fourth-order valence-corrected chi connectivity index (χ4v) is 0. The first-order valence-electron chi connectivity index (χ1n) is 0.855. The molecule has 0 amide bonds. The summed E-state index contributed by atoms with van der Waals surface area (Å²) in [6.07, 6.45) is 0. The summed E-state index contributed by atoms with van der Waals surface area (Å²) in [5.41, 5.74) is 0. The molecule has 0 spiro atoms. The molecule has 0 nitrogen and oxygen atoms in total. The van der Waals surface area contributed by atoms with E-state index in [-0.39, 0.29) is 20.4 Å². The molecule has 0 aromatic carbocycles. The van der Waals surface area contributed by atoms with Gasteiger partial charge in [0.25, 0.3) is 0 Å². The van der Waals surface area contributed by atoms with Crippen LogP contribution in [0.15, 0.2) is 0 Å². The first-order valence-corrected chi connectivity index (χ1v) is 2.57. The summed E-state index contributed by atoms with van der Waals surface area (Å²) in [7, 11) is 0. The molecular weight excluding hydrogens is 259 g/mol. The summed E-state index contributed by atoms with van der Waals surface area (Å²) >= 11 is 14.7. The van der Waals surface area contributed by atoms with Crippen LogP contribution >= 0.6 is 49.7 Å². The normalized spacial score (nSPS) is 3.71. The van der Waals surface area contributed by atoms with Crippen LogP contribution in [0.2, 0.25) is 0 Å². The second-order valence-electron chi connectivity index (χ2n) is 0.183. The van der Waals surface area contributed by atoms with Crippen LogP contribution in [-0.4, -0.2) is 9.40 Å². The van der Waals surface area contributed by atoms with E-state index < -0.39 is 0 Å². The van der Waals surface area contributed by atoms with Crippen LogP contribution < -0.4 is 0 Å². The number of hydrogen-bond donors (Lipinski definition) is 2. The maximum atomic E-state index is 4.01. The van der Waals surface area contributed by atoms with Gasteiger partial charge in [-0.2, -0.15) is 0 Å². The van der Waals surface area contributed by atoms with Gasteiger partial charge < -0.3 is 59.1 Å². The summed E-state index contributed by atoms with van der Waals surface area (Å²) in [6, 6.07) is 0. The topological polar surface area (TPSA) is 0 Å². The Morgan fingerprint density at radius 3 is 1.00 bits per heavy atom. The summed E-state index contributed by atoms with van der Waals surface area (Å²) < 4.78 is 4.06. The summed E-state index contributed by atoms with van der Waals surface area (Å²) in [4.78, 5) is 0. The monoisotopic (exact) mass is 260 g/mol. The molecule has 7 heavy (non-hydrogen) atoms. The summed E-state index contributed by atoms with van der Waals surface area (Å²) in [6.45, 7) is 0. The first kappa shape index (κ1) is 15.8. The van der Waals surface area contributed by atoms with Gasteiger partial charge in [0.05, 0.1) is 0 Å². The molecule has 0 rings (SSSR count). The predicted molar refractivity (Wildman–Crippen MR) is 43.2 cm³/mol. The summed E-state index contributed by atoms with van der Waals surface area (Å²) in [5, 5.41) is 0. The Morgan fingerprint density at radius 1 is 1.00 bits per heavy atom. The number of thiol groups is 2. The molecule has 5 heteroatoms. The van der Waals surface area contributed by atoms with E-state index in [4.69, 9.17) is 0 Å². The Balaban J connectivity index is -0.0000000400. The van der Waals surface area contributed by atoms with E-state index in [1.165, 1.54) is 0 Å². The van der Waals surface area contributed by atoms with Crippen molar-refractivity contribution in [1.29, 1.82) is 0 Å². The SMILES string of the molecule is S=[C-]S.S=[C-]S.[Pd+2]. The van der Waals surface area contributed by atoms with Crippen LogP contribution in [0.5, 0.6) is 0 Å². The molecule has 44 valence electrons. The zero-order chi connectivity index (χ0) is 5.41. The van der Waals surface area contributed by atoms with Gasteiger partial charge in [0.15, 0.2) is 0 Å².